The number of piperidine rings is 1. The van der Waals surface area contributed by atoms with Crippen LogP contribution in [0.2, 0.25) is 0 Å². The van der Waals surface area contributed by atoms with E-state index in [2.05, 4.69) is 39.7 Å². The van der Waals surface area contributed by atoms with Crippen LogP contribution in [0.25, 0.3) is 0 Å². The second-order valence-corrected chi connectivity index (χ2v) is 8.37. The van der Waals surface area contributed by atoms with Crippen molar-refractivity contribution in [2.45, 2.75) is 83.2 Å². The molecular formula is C20H39N5O. The first-order valence-corrected chi connectivity index (χ1v) is 10.5. The normalized spacial score (nSPS) is 20.7. The number of nitrogens with zero attached hydrogens (tertiary/aromatic N) is 2. The zero-order chi connectivity index (χ0) is 18.8. The molecule has 26 heavy (non-hydrogen) atoms. The van der Waals surface area contributed by atoms with Gasteiger partial charge in [0.25, 0.3) is 0 Å². The summed E-state index contributed by atoms with van der Waals surface area (Å²) in [6, 6.07) is 0.388. The summed E-state index contributed by atoms with van der Waals surface area (Å²) in [7, 11) is 1.78. The Hall–Kier alpha value is -1.30. The molecule has 0 unspecified atom stereocenters. The lowest BCUT2D eigenvalue weighted by Crippen LogP contribution is -2.55. The van der Waals surface area contributed by atoms with Crippen LogP contribution < -0.4 is 16.0 Å². The van der Waals surface area contributed by atoms with Gasteiger partial charge in [0.15, 0.2) is 5.96 Å². The Balaban J connectivity index is 1.64. The van der Waals surface area contributed by atoms with E-state index in [9.17, 15) is 4.79 Å². The number of amides is 1. The summed E-state index contributed by atoms with van der Waals surface area (Å²) >= 11 is 0. The lowest BCUT2D eigenvalue weighted by Gasteiger charge is -2.41. The topological polar surface area (TPSA) is 68.8 Å². The SMILES string of the molecule is CN=C(NCCC(=O)NC1CCCCC1)NCC(C)(C)N1CCCCC1. The molecule has 0 aromatic rings. The third-order valence-corrected chi connectivity index (χ3v) is 5.74. The van der Waals surface area contributed by atoms with Crippen LogP contribution in [0.5, 0.6) is 0 Å². The number of nitrogens with one attached hydrogen (secondary N) is 3. The van der Waals surface area contributed by atoms with Crippen molar-refractivity contribution in [3.05, 3.63) is 0 Å². The number of guanidine groups is 1. The van der Waals surface area contributed by atoms with Crippen LogP contribution in [0.15, 0.2) is 4.99 Å². The molecule has 1 aliphatic carbocycles. The zero-order valence-electron chi connectivity index (χ0n) is 17.1. The van der Waals surface area contributed by atoms with E-state index in [4.69, 9.17) is 0 Å². The lowest BCUT2D eigenvalue weighted by molar-refractivity contribution is -0.121. The highest BCUT2D eigenvalue weighted by atomic mass is 16.1. The number of carbonyl (C=O) groups is 1. The highest BCUT2D eigenvalue weighted by Crippen LogP contribution is 2.20. The predicted octanol–water partition coefficient (Wildman–Crippen LogP) is 2.25. The average molecular weight is 366 g/mol. The maximum Gasteiger partial charge on any atom is 0.221 e. The quantitative estimate of drug-likeness (QED) is 0.478. The van der Waals surface area contributed by atoms with Gasteiger partial charge < -0.3 is 16.0 Å². The van der Waals surface area contributed by atoms with Crippen molar-refractivity contribution in [2.24, 2.45) is 4.99 Å². The first kappa shape index (κ1) is 21.0. The van der Waals surface area contributed by atoms with Crippen LogP contribution in [0, 0.1) is 0 Å². The van der Waals surface area contributed by atoms with Crippen molar-refractivity contribution in [2.75, 3.05) is 33.2 Å². The van der Waals surface area contributed by atoms with E-state index >= 15 is 0 Å². The fourth-order valence-corrected chi connectivity index (χ4v) is 3.97. The molecule has 0 aromatic heterocycles. The van der Waals surface area contributed by atoms with E-state index < -0.39 is 0 Å². The summed E-state index contributed by atoms with van der Waals surface area (Å²) in [5.41, 5.74) is 0.108. The molecule has 0 atom stereocenters. The van der Waals surface area contributed by atoms with Crippen molar-refractivity contribution in [1.82, 2.24) is 20.9 Å². The molecule has 2 rings (SSSR count). The number of hydrogen-bond donors (Lipinski definition) is 3. The van der Waals surface area contributed by atoms with Gasteiger partial charge in [-0.15, -0.1) is 0 Å². The fraction of sp³-hybridized carbons (Fsp3) is 0.900. The molecule has 2 aliphatic rings. The molecule has 0 aromatic carbocycles. The highest BCUT2D eigenvalue weighted by Gasteiger charge is 2.27. The van der Waals surface area contributed by atoms with E-state index in [1.54, 1.807) is 7.05 Å². The Labute approximate surface area is 159 Å². The Morgan fingerprint density at radius 2 is 1.69 bits per heavy atom. The maximum atomic E-state index is 12.1. The van der Waals surface area contributed by atoms with Gasteiger partial charge in [0.1, 0.15) is 0 Å². The van der Waals surface area contributed by atoms with Crippen LogP contribution in [0.1, 0.15) is 71.6 Å². The number of rotatable bonds is 7. The van der Waals surface area contributed by atoms with Crippen LogP contribution in [-0.4, -0.2) is 61.6 Å². The van der Waals surface area contributed by atoms with Gasteiger partial charge in [0, 0.05) is 38.1 Å². The van der Waals surface area contributed by atoms with Crippen LogP contribution in [-0.2, 0) is 4.79 Å². The minimum Gasteiger partial charge on any atom is -0.356 e. The standard InChI is InChI=1S/C20H39N5O/c1-20(2,25-14-8-5-9-15-25)16-23-19(21-3)22-13-12-18(26)24-17-10-6-4-7-11-17/h17H,4-16H2,1-3H3,(H,24,26)(H2,21,22,23). The highest BCUT2D eigenvalue weighted by molar-refractivity contribution is 5.81. The van der Waals surface area contributed by atoms with Crippen LogP contribution in [0.3, 0.4) is 0 Å². The molecule has 0 spiro atoms. The summed E-state index contributed by atoms with van der Waals surface area (Å²) in [5.74, 6) is 0.925. The van der Waals surface area contributed by atoms with Gasteiger partial charge in [-0.3, -0.25) is 14.7 Å². The molecule has 0 bridgehead atoms. The summed E-state index contributed by atoms with van der Waals surface area (Å²) in [6.45, 7) is 8.40. The fourth-order valence-electron chi connectivity index (χ4n) is 3.97. The zero-order valence-corrected chi connectivity index (χ0v) is 17.1. The van der Waals surface area contributed by atoms with Crippen molar-refractivity contribution >= 4 is 11.9 Å². The Morgan fingerprint density at radius 3 is 2.35 bits per heavy atom. The number of aliphatic imine (C=N–C) groups is 1. The van der Waals surface area contributed by atoms with E-state index in [1.807, 2.05) is 0 Å². The van der Waals surface area contributed by atoms with E-state index in [-0.39, 0.29) is 11.4 Å². The van der Waals surface area contributed by atoms with Gasteiger partial charge in [0.05, 0.1) is 0 Å². The van der Waals surface area contributed by atoms with Crippen LogP contribution >= 0.6 is 0 Å². The van der Waals surface area contributed by atoms with Crippen LogP contribution in [0.4, 0.5) is 0 Å². The molecule has 6 heteroatoms. The first-order chi connectivity index (χ1) is 12.5. The Kier molecular flexibility index (Phi) is 8.69. The Morgan fingerprint density at radius 1 is 1.04 bits per heavy atom. The third-order valence-electron chi connectivity index (χ3n) is 5.74. The average Bonchev–Trinajstić information content (AvgIpc) is 2.66. The molecule has 6 nitrogen and oxygen atoms in total. The van der Waals surface area contributed by atoms with Gasteiger partial charge in [-0.1, -0.05) is 25.7 Å². The second-order valence-electron chi connectivity index (χ2n) is 8.37. The van der Waals surface area contributed by atoms with E-state index in [0.29, 0.717) is 19.0 Å². The van der Waals surface area contributed by atoms with Crippen molar-refractivity contribution in [3.8, 4) is 0 Å². The maximum absolute atomic E-state index is 12.1. The summed E-state index contributed by atoms with van der Waals surface area (Å²) in [5, 5.41) is 9.86. The molecule has 3 N–H and O–H groups in total. The third kappa shape index (κ3) is 7.14. The molecular weight excluding hydrogens is 326 g/mol. The van der Waals surface area contributed by atoms with Gasteiger partial charge in [-0.2, -0.15) is 0 Å². The number of carbonyl (C=O) groups excluding carboxylic acids is 1. The van der Waals surface area contributed by atoms with Gasteiger partial charge in [-0.05, 0) is 52.6 Å². The lowest BCUT2D eigenvalue weighted by atomic mass is 9.95. The smallest absolute Gasteiger partial charge is 0.221 e. The van der Waals surface area contributed by atoms with Crippen molar-refractivity contribution in [1.29, 1.82) is 0 Å². The molecule has 1 heterocycles. The van der Waals surface area contributed by atoms with Crippen molar-refractivity contribution in [3.63, 3.8) is 0 Å². The van der Waals surface area contributed by atoms with Crippen molar-refractivity contribution < 1.29 is 4.79 Å². The molecule has 0 radical (unpaired) electrons. The van der Waals surface area contributed by atoms with E-state index in [0.717, 1.165) is 25.3 Å². The molecule has 1 aliphatic heterocycles. The molecule has 1 saturated carbocycles. The minimum absolute atomic E-state index is 0.108. The molecule has 1 amide bonds. The minimum atomic E-state index is 0.108. The number of likely N-dealkylation sites (tertiary alicyclic amines) is 1. The summed E-state index contributed by atoms with van der Waals surface area (Å²) in [4.78, 5) is 18.9. The summed E-state index contributed by atoms with van der Waals surface area (Å²) < 4.78 is 0. The largest absolute Gasteiger partial charge is 0.356 e. The first-order valence-electron chi connectivity index (χ1n) is 10.5. The predicted molar refractivity (Wildman–Crippen MR) is 109 cm³/mol. The molecule has 150 valence electrons. The molecule has 2 fully saturated rings. The summed E-state index contributed by atoms with van der Waals surface area (Å²) in [6.07, 6.45) is 10.5. The van der Waals surface area contributed by atoms with E-state index in [1.165, 1.54) is 51.6 Å². The number of hydrogen-bond acceptors (Lipinski definition) is 3. The Bertz CT molecular complexity index is 451. The second kappa shape index (κ2) is 10.8. The van der Waals surface area contributed by atoms with Gasteiger partial charge in [-0.25, -0.2) is 0 Å². The monoisotopic (exact) mass is 365 g/mol. The van der Waals surface area contributed by atoms with Gasteiger partial charge >= 0.3 is 0 Å². The van der Waals surface area contributed by atoms with Gasteiger partial charge in [0.2, 0.25) is 5.91 Å². The molecule has 1 saturated heterocycles.